The predicted octanol–water partition coefficient (Wildman–Crippen LogP) is 2.88. The largest absolute Gasteiger partial charge is 0.434 e. The van der Waals surface area contributed by atoms with Gasteiger partial charge in [0, 0.05) is 39.4 Å². The zero-order valence-corrected chi connectivity index (χ0v) is 14.4. The summed E-state index contributed by atoms with van der Waals surface area (Å²) in [5.41, 5.74) is -0.831. The van der Waals surface area contributed by atoms with Crippen molar-refractivity contribution in [2.24, 2.45) is 5.92 Å². The first-order valence-corrected chi connectivity index (χ1v) is 8.81. The fraction of sp³-hybridized carbons (Fsp3) is 0.765. The molecule has 0 aliphatic carbocycles. The van der Waals surface area contributed by atoms with Crippen LogP contribution < -0.4 is 0 Å². The number of carbonyl (C=O) groups excluding carboxylic acids is 1. The number of ether oxygens (including phenoxy) is 1. The fourth-order valence-electron chi connectivity index (χ4n) is 3.61. The van der Waals surface area contributed by atoms with Crippen molar-refractivity contribution >= 4 is 5.91 Å². The Morgan fingerprint density at radius 1 is 1.40 bits per heavy atom. The summed E-state index contributed by atoms with van der Waals surface area (Å²) < 4.78 is 45.5. The van der Waals surface area contributed by atoms with E-state index in [2.05, 4.69) is 4.98 Å². The number of carbonyl (C=O) groups is 1. The summed E-state index contributed by atoms with van der Waals surface area (Å²) >= 11 is 0. The second kappa shape index (κ2) is 7.35. The Morgan fingerprint density at radius 2 is 2.20 bits per heavy atom. The lowest BCUT2D eigenvalue weighted by Gasteiger charge is -2.29. The second-order valence-electron chi connectivity index (χ2n) is 7.06. The highest BCUT2D eigenvalue weighted by Gasteiger charge is 2.36. The molecule has 0 saturated carbocycles. The first-order chi connectivity index (χ1) is 11.8. The first-order valence-electron chi connectivity index (χ1n) is 8.81. The zero-order valence-electron chi connectivity index (χ0n) is 14.4. The monoisotopic (exact) mass is 359 g/mol. The molecule has 1 fully saturated rings. The molecule has 1 aromatic heterocycles. The average Bonchev–Trinajstić information content (AvgIpc) is 2.99. The molecule has 2 aliphatic rings. The first kappa shape index (κ1) is 18.2. The third kappa shape index (κ3) is 4.54. The summed E-state index contributed by atoms with van der Waals surface area (Å²) in [5, 5.41) is 0. The zero-order chi connectivity index (χ0) is 18.0. The topological polar surface area (TPSA) is 47.4 Å². The molecule has 2 atom stereocenters. The van der Waals surface area contributed by atoms with E-state index in [-0.39, 0.29) is 17.9 Å². The van der Waals surface area contributed by atoms with Crippen LogP contribution in [0.15, 0.2) is 6.20 Å². The lowest BCUT2D eigenvalue weighted by atomic mass is 9.98. The highest BCUT2D eigenvalue weighted by atomic mass is 19.4. The number of rotatable bonds is 4. The molecule has 25 heavy (non-hydrogen) atoms. The van der Waals surface area contributed by atoms with Gasteiger partial charge in [-0.3, -0.25) is 4.79 Å². The quantitative estimate of drug-likeness (QED) is 0.831. The van der Waals surface area contributed by atoms with E-state index in [0.717, 1.165) is 38.5 Å². The fourth-order valence-corrected chi connectivity index (χ4v) is 3.61. The number of imidazole rings is 1. The van der Waals surface area contributed by atoms with E-state index >= 15 is 0 Å². The summed E-state index contributed by atoms with van der Waals surface area (Å²) in [5.74, 6) is 0.663. The van der Waals surface area contributed by atoms with Gasteiger partial charge in [0.1, 0.15) is 5.82 Å². The Hall–Kier alpha value is -1.57. The summed E-state index contributed by atoms with van der Waals surface area (Å²) in [7, 11) is 1.76. The van der Waals surface area contributed by atoms with E-state index in [0.29, 0.717) is 31.8 Å². The van der Waals surface area contributed by atoms with Crippen molar-refractivity contribution in [1.82, 2.24) is 14.5 Å². The molecule has 0 unspecified atom stereocenters. The number of nitrogens with zero attached hydrogens (tertiary/aromatic N) is 3. The van der Waals surface area contributed by atoms with Gasteiger partial charge in [0.25, 0.3) is 0 Å². The lowest BCUT2D eigenvalue weighted by molar-refractivity contribution is -0.141. The number of hydrogen-bond acceptors (Lipinski definition) is 3. The van der Waals surface area contributed by atoms with Crippen molar-refractivity contribution in [3.8, 4) is 0 Å². The minimum atomic E-state index is -4.41. The highest BCUT2D eigenvalue weighted by molar-refractivity contribution is 5.76. The standard InChI is InChI=1S/C17H24F3N3O2/c1-22(16(24)8-13-4-2-3-7-25-13)9-12-5-6-15-21-14(17(18,19)20)11-23(15)10-12/h11-13H,2-10H2,1H3/t12-,13-/m1/s1. The molecule has 5 nitrogen and oxygen atoms in total. The van der Waals surface area contributed by atoms with E-state index in [1.54, 1.807) is 16.5 Å². The molecule has 0 spiro atoms. The Morgan fingerprint density at radius 3 is 2.88 bits per heavy atom. The van der Waals surface area contributed by atoms with Crippen LogP contribution >= 0.6 is 0 Å². The van der Waals surface area contributed by atoms with Crippen molar-refractivity contribution in [3.05, 3.63) is 17.7 Å². The van der Waals surface area contributed by atoms with Crippen LogP contribution in [-0.2, 0) is 28.7 Å². The molecule has 1 amide bonds. The maximum absolute atomic E-state index is 12.8. The Bertz CT molecular complexity index is 609. The van der Waals surface area contributed by atoms with Gasteiger partial charge in [-0.25, -0.2) is 4.98 Å². The molecule has 3 rings (SSSR count). The van der Waals surface area contributed by atoms with Crippen LogP contribution in [0, 0.1) is 5.92 Å². The van der Waals surface area contributed by atoms with Crippen LogP contribution in [-0.4, -0.2) is 46.7 Å². The number of alkyl halides is 3. The van der Waals surface area contributed by atoms with Gasteiger partial charge in [-0.15, -0.1) is 0 Å². The van der Waals surface area contributed by atoms with E-state index in [4.69, 9.17) is 4.74 Å². The molecular formula is C17H24F3N3O2. The van der Waals surface area contributed by atoms with Gasteiger partial charge in [-0.2, -0.15) is 13.2 Å². The molecule has 1 aromatic rings. The van der Waals surface area contributed by atoms with Crippen molar-refractivity contribution in [2.75, 3.05) is 20.2 Å². The van der Waals surface area contributed by atoms with Crippen molar-refractivity contribution < 1.29 is 22.7 Å². The van der Waals surface area contributed by atoms with Crippen molar-refractivity contribution in [3.63, 3.8) is 0 Å². The predicted molar refractivity (Wildman–Crippen MR) is 84.9 cm³/mol. The highest BCUT2D eigenvalue weighted by Crippen LogP contribution is 2.30. The molecule has 3 heterocycles. The molecular weight excluding hydrogens is 335 g/mol. The maximum atomic E-state index is 12.8. The van der Waals surface area contributed by atoms with Crippen LogP contribution in [0.25, 0.3) is 0 Å². The van der Waals surface area contributed by atoms with E-state index < -0.39 is 11.9 Å². The molecule has 2 aliphatic heterocycles. The summed E-state index contributed by atoms with van der Waals surface area (Å²) in [6.07, 6.45) is 1.38. The SMILES string of the molecule is CN(C[C@H]1CCc2nc(C(F)(F)F)cn2C1)C(=O)C[C@H]1CCCCO1. The number of hydrogen-bond donors (Lipinski definition) is 0. The molecule has 0 radical (unpaired) electrons. The summed E-state index contributed by atoms with van der Waals surface area (Å²) in [4.78, 5) is 17.7. The third-order valence-electron chi connectivity index (χ3n) is 5.01. The second-order valence-corrected chi connectivity index (χ2v) is 7.06. The third-order valence-corrected chi connectivity index (χ3v) is 5.01. The average molecular weight is 359 g/mol. The molecule has 1 saturated heterocycles. The van der Waals surface area contributed by atoms with Crippen molar-refractivity contribution in [1.29, 1.82) is 0 Å². The van der Waals surface area contributed by atoms with Gasteiger partial charge < -0.3 is 14.2 Å². The van der Waals surface area contributed by atoms with Crippen LogP contribution in [0.3, 0.4) is 0 Å². The normalized spacial score (nSPS) is 24.0. The van der Waals surface area contributed by atoms with E-state index in [9.17, 15) is 18.0 Å². The molecule has 8 heteroatoms. The van der Waals surface area contributed by atoms with Gasteiger partial charge in [0.15, 0.2) is 5.69 Å². The number of aromatic nitrogens is 2. The number of fused-ring (bicyclic) bond motifs is 1. The summed E-state index contributed by atoms with van der Waals surface area (Å²) in [6.45, 7) is 1.73. The van der Waals surface area contributed by atoms with Crippen LogP contribution in [0.4, 0.5) is 13.2 Å². The number of amides is 1. The van der Waals surface area contributed by atoms with Crippen LogP contribution in [0.2, 0.25) is 0 Å². The lowest BCUT2D eigenvalue weighted by Crippen LogP contribution is -2.37. The maximum Gasteiger partial charge on any atom is 0.434 e. The molecule has 0 aromatic carbocycles. The van der Waals surface area contributed by atoms with Crippen LogP contribution in [0.1, 0.15) is 43.6 Å². The molecule has 0 N–H and O–H groups in total. The Labute approximate surface area is 145 Å². The molecule has 0 bridgehead atoms. The minimum Gasteiger partial charge on any atom is -0.378 e. The Balaban J connectivity index is 1.53. The van der Waals surface area contributed by atoms with E-state index in [1.165, 1.54) is 0 Å². The van der Waals surface area contributed by atoms with Crippen LogP contribution in [0.5, 0.6) is 0 Å². The van der Waals surface area contributed by atoms with Gasteiger partial charge in [-0.05, 0) is 31.6 Å². The number of aryl methyl sites for hydroxylation is 1. The van der Waals surface area contributed by atoms with Crippen molar-refractivity contribution in [2.45, 2.75) is 57.3 Å². The minimum absolute atomic E-state index is 0.00431. The summed E-state index contributed by atoms with van der Waals surface area (Å²) in [6, 6.07) is 0. The molecule has 140 valence electrons. The van der Waals surface area contributed by atoms with Gasteiger partial charge in [0.2, 0.25) is 5.91 Å². The van der Waals surface area contributed by atoms with Gasteiger partial charge >= 0.3 is 6.18 Å². The van der Waals surface area contributed by atoms with Gasteiger partial charge in [-0.1, -0.05) is 0 Å². The Kier molecular flexibility index (Phi) is 5.36. The van der Waals surface area contributed by atoms with E-state index in [1.807, 2.05) is 0 Å². The smallest absolute Gasteiger partial charge is 0.378 e. The van der Waals surface area contributed by atoms with Gasteiger partial charge in [0.05, 0.1) is 12.5 Å². The number of halogens is 3.